The van der Waals surface area contributed by atoms with Gasteiger partial charge in [0.25, 0.3) is 0 Å². The summed E-state index contributed by atoms with van der Waals surface area (Å²) in [6, 6.07) is 14.6. The number of hydrogen-bond acceptors (Lipinski definition) is 1. The molecule has 76 valence electrons. The Kier molecular flexibility index (Phi) is 2.84. The van der Waals surface area contributed by atoms with E-state index in [1.165, 1.54) is 16.3 Å². The van der Waals surface area contributed by atoms with Crippen LogP contribution >= 0.6 is 0 Å². The van der Waals surface area contributed by atoms with E-state index >= 15 is 0 Å². The lowest BCUT2D eigenvalue weighted by Gasteiger charge is -2.04. The minimum Gasteiger partial charge on any atom is -0.392 e. The highest BCUT2D eigenvalue weighted by molar-refractivity contribution is 5.83. The highest BCUT2D eigenvalue weighted by atomic mass is 16.3. The summed E-state index contributed by atoms with van der Waals surface area (Å²) in [6.45, 7) is 3.86. The smallest absolute Gasteiger partial charge is 0.0642 e. The van der Waals surface area contributed by atoms with E-state index in [9.17, 15) is 0 Å². The average molecular weight is 198 g/mol. The average Bonchev–Trinajstić information content (AvgIpc) is 2.29. The predicted octanol–water partition coefficient (Wildman–Crippen LogP) is 2.93. The molecule has 0 radical (unpaired) electrons. The zero-order valence-electron chi connectivity index (χ0n) is 8.61. The van der Waals surface area contributed by atoms with Crippen LogP contribution in [0.2, 0.25) is 0 Å². The fraction of sp³-hybridized carbons (Fsp3) is 0.143. The maximum absolute atomic E-state index is 8.91. The van der Waals surface area contributed by atoms with E-state index in [1.54, 1.807) is 0 Å². The minimum atomic E-state index is 0.0623. The molecular weight excluding hydrogens is 184 g/mol. The molecule has 0 aliphatic carbocycles. The van der Waals surface area contributed by atoms with Gasteiger partial charge in [0.2, 0.25) is 0 Å². The zero-order valence-corrected chi connectivity index (χ0v) is 8.61. The van der Waals surface area contributed by atoms with Crippen LogP contribution < -0.4 is 0 Å². The maximum atomic E-state index is 8.91. The van der Waals surface area contributed by atoms with Gasteiger partial charge < -0.3 is 5.11 Å². The molecule has 2 aromatic rings. The van der Waals surface area contributed by atoms with Crippen LogP contribution in [0.5, 0.6) is 0 Å². The third-order valence-corrected chi connectivity index (χ3v) is 2.49. The van der Waals surface area contributed by atoms with Gasteiger partial charge in [-0.2, -0.15) is 0 Å². The van der Waals surface area contributed by atoms with E-state index in [-0.39, 0.29) is 6.61 Å². The molecule has 0 spiro atoms. The molecule has 0 aromatic heterocycles. The number of hydrogen-bond donors (Lipinski definition) is 1. The molecule has 0 saturated carbocycles. The van der Waals surface area contributed by atoms with Gasteiger partial charge in [0.05, 0.1) is 6.61 Å². The molecule has 0 saturated heterocycles. The van der Waals surface area contributed by atoms with Crippen LogP contribution in [0.3, 0.4) is 0 Å². The van der Waals surface area contributed by atoms with Crippen LogP contribution in [0.15, 0.2) is 54.6 Å². The monoisotopic (exact) mass is 198 g/mol. The van der Waals surface area contributed by atoms with Gasteiger partial charge in [0.15, 0.2) is 0 Å². The molecule has 0 atom stereocenters. The first-order chi connectivity index (χ1) is 7.29. The molecule has 0 heterocycles. The Hall–Kier alpha value is -1.60. The van der Waals surface area contributed by atoms with E-state index in [0.717, 1.165) is 12.0 Å². The van der Waals surface area contributed by atoms with E-state index in [0.29, 0.717) is 0 Å². The van der Waals surface area contributed by atoms with Crippen molar-refractivity contribution in [3.63, 3.8) is 0 Å². The van der Waals surface area contributed by atoms with Crippen molar-refractivity contribution in [1.82, 2.24) is 0 Å². The van der Waals surface area contributed by atoms with Gasteiger partial charge >= 0.3 is 0 Å². The van der Waals surface area contributed by atoms with Crippen molar-refractivity contribution in [2.45, 2.75) is 6.42 Å². The Labute approximate surface area is 89.7 Å². The second-order valence-corrected chi connectivity index (χ2v) is 3.77. The van der Waals surface area contributed by atoms with Crippen LogP contribution in [0, 0.1) is 0 Å². The zero-order chi connectivity index (χ0) is 10.7. The van der Waals surface area contributed by atoms with Crippen molar-refractivity contribution in [2.24, 2.45) is 0 Å². The van der Waals surface area contributed by atoms with Gasteiger partial charge in [-0.25, -0.2) is 0 Å². The molecule has 1 N–H and O–H groups in total. The Balaban J connectivity index is 2.34. The number of rotatable bonds is 3. The highest BCUT2D eigenvalue weighted by Crippen LogP contribution is 2.17. The van der Waals surface area contributed by atoms with Gasteiger partial charge in [-0.1, -0.05) is 49.0 Å². The molecule has 0 aliphatic heterocycles. The van der Waals surface area contributed by atoms with Crippen LogP contribution in [-0.4, -0.2) is 11.7 Å². The normalized spacial score (nSPS) is 10.5. The second kappa shape index (κ2) is 4.28. The van der Waals surface area contributed by atoms with Gasteiger partial charge in [-0.05, 0) is 28.3 Å². The number of benzene rings is 2. The standard InChI is InChI=1S/C14H14O/c1-11(10-15)8-12-6-7-13-4-2-3-5-14(13)9-12/h2-7,9,15H,1,8,10H2. The summed E-state index contributed by atoms with van der Waals surface area (Å²) in [5.41, 5.74) is 2.05. The molecule has 2 aromatic carbocycles. The van der Waals surface area contributed by atoms with E-state index in [2.05, 4.69) is 36.9 Å². The molecule has 0 bridgehead atoms. The predicted molar refractivity (Wildman–Crippen MR) is 63.9 cm³/mol. The molecule has 0 fully saturated rings. The molecule has 1 heteroatoms. The van der Waals surface area contributed by atoms with Crippen molar-refractivity contribution in [3.8, 4) is 0 Å². The SMILES string of the molecule is C=C(CO)Cc1ccc2ccccc2c1. The van der Waals surface area contributed by atoms with Crippen molar-refractivity contribution in [3.05, 3.63) is 60.2 Å². The van der Waals surface area contributed by atoms with Crippen molar-refractivity contribution < 1.29 is 5.11 Å². The fourth-order valence-corrected chi connectivity index (χ4v) is 1.69. The first kappa shape index (κ1) is 9.94. The number of fused-ring (bicyclic) bond motifs is 1. The molecule has 0 amide bonds. The summed E-state index contributed by atoms with van der Waals surface area (Å²) in [7, 11) is 0. The fourth-order valence-electron chi connectivity index (χ4n) is 1.69. The van der Waals surface area contributed by atoms with Gasteiger partial charge in [0.1, 0.15) is 0 Å². The Morgan fingerprint density at radius 1 is 1.07 bits per heavy atom. The third kappa shape index (κ3) is 2.25. The first-order valence-electron chi connectivity index (χ1n) is 5.05. The lowest BCUT2D eigenvalue weighted by atomic mass is 10.0. The summed E-state index contributed by atoms with van der Waals surface area (Å²) >= 11 is 0. The molecule has 2 rings (SSSR count). The van der Waals surface area contributed by atoms with Crippen LogP contribution in [0.25, 0.3) is 10.8 Å². The van der Waals surface area contributed by atoms with Crippen molar-refractivity contribution in [1.29, 1.82) is 0 Å². The molecule has 0 unspecified atom stereocenters. The van der Waals surface area contributed by atoms with Crippen LogP contribution in [0.4, 0.5) is 0 Å². The second-order valence-electron chi connectivity index (χ2n) is 3.77. The summed E-state index contributed by atoms with van der Waals surface area (Å²) in [5, 5.41) is 11.4. The number of aliphatic hydroxyl groups is 1. The lowest BCUT2D eigenvalue weighted by Crippen LogP contribution is -1.93. The summed E-state index contributed by atoms with van der Waals surface area (Å²) in [5.74, 6) is 0. The van der Waals surface area contributed by atoms with Gasteiger partial charge in [-0.3, -0.25) is 0 Å². The van der Waals surface area contributed by atoms with Crippen molar-refractivity contribution in [2.75, 3.05) is 6.61 Å². The number of aliphatic hydroxyl groups excluding tert-OH is 1. The third-order valence-electron chi connectivity index (χ3n) is 2.49. The van der Waals surface area contributed by atoms with Gasteiger partial charge in [0, 0.05) is 0 Å². The maximum Gasteiger partial charge on any atom is 0.0642 e. The molecule has 15 heavy (non-hydrogen) atoms. The lowest BCUT2D eigenvalue weighted by molar-refractivity contribution is 0.329. The van der Waals surface area contributed by atoms with Crippen LogP contribution in [-0.2, 0) is 6.42 Å². The summed E-state index contributed by atoms with van der Waals surface area (Å²) in [4.78, 5) is 0. The minimum absolute atomic E-state index is 0.0623. The topological polar surface area (TPSA) is 20.2 Å². The Bertz CT molecular complexity index is 485. The largest absolute Gasteiger partial charge is 0.392 e. The summed E-state index contributed by atoms with van der Waals surface area (Å²) < 4.78 is 0. The van der Waals surface area contributed by atoms with Gasteiger partial charge in [-0.15, -0.1) is 0 Å². The van der Waals surface area contributed by atoms with E-state index < -0.39 is 0 Å². The van der Waals surface area contributed by atoms with Crippen LogP contribution in [0.1, 0.15) is 5.56 Å². The Morgan fingerprint density at radius 2 is 1.80 bits per heavy atom. The van der Waals surface area contributed by atoms with E-state index in [4.69, 9.17) is 5.11 Å². The summed E-state index contributed by atoms with van der Waals surface area (Å²) in [6.07, 6.45) is 0.751. The quantitative estimate of drug-likeness (QED) is 0.752. The van der Waals surface area contributed by atoms with Crippen molar-refractivity contribution >= 4 is 10.8 Å². The van der Waals surface area contributed by atoms with E-state index in [1.807, 2.05) is 12.1 Å². The molecule has 0 aliphatic rings. The first-order valence-corrected chi connectivity index (χ1v) is 5.05. The molecular formula is C14H14O. The highest BCUT2D eigenvalue weighted by Gasteiger charge is 1.98. The molecule has 1 nitrogen and oxygen atoms in total. The Morgan fingerprint density at radius 3 is 2.53 bits per heavy atom.